The Bertz CT molecular complexity index is 717. The van der Waals surface area contributed by atoms with Crippen molar-refractivity contribution in [2.24, 2.45) is 0 Å². The Morgan fingerprint density at radius 2 is 2.04 bits per heavy atom. The average molecular weight is 334 g/mol. The monoisotopic (exact) mass is 333 g/mol. The normalized spacial score (nSPS) is 10.3. The molecular weight excluding hydrogens is 318 g/mol. The minimum atomic E-state index is -0.500. The van der Waals surface area contributed by atoms with E-state index >= 15 is 0 Å². The zero-order chi connectivity index (χ0) is 16.8. The molecule has 1 N–H and O–H groups in total. The van der Waals surface area contributed by atoms with Crippen LogP contribution < -0.4 is 5.32 Å². The Morgan fingerprint density at radius 1 is 1.35 bits per heavy atom. The van der Waals surface area contributed by atoms with Gasteiger partial charge in [-0.3, -0.25) is 14.9 Å². The fourth-order valence-electron chi connectivity index (χ4n) is 2.12. The van der Waals surface area contributed by atoms with Crippen LogP contribution in [0.15, 0.2) is 36.5 Å². The number of carbonyl (C=O) groups is 1. The second-order valence-corrected chi connectivity index (χ2v) is 5.58. The van der Waals surface area contributed by atoms with Crippen molar-refractivity contribution < 1.29 is 9.72 Å². The fourth-order valence-corrected chi connectivity index (χ4v) is 2.24. The van der Waals surface area contributed by atoms with Gasteiger partial charge in [-0.1, -0.05) is 23.7 Å². The van der Waals surface area contributed by atoms with Gasteiger partial charge in [0, 0.05) is 17.0 Å². The predicted molar refractivity (Wildman–Crippen MR) is 88.6 cm³/mol. The number of halogens is 1. The molecule has 0 radical (unpaired) electrons. The molecule has 6 nitrogen and oxygen atoms in total. The Morgan fingerprint density at radius 3 is 2.65 bits per heavy atom. The predicted octanol–water partition coefficient (Wildman–Crippen LogP) is 3.91. The topological polar surface area (TPSA) is 85.1 Å². The van der Waals surface area contributed by atoms with Crippen LogP contribution in [-0.4, -0.2) is 15.8 Å². The molecule has 2 aromatic rings. The maximum Gasteiger partial charge on any atom is 0.290 e. The molecule has 0 aliphatic rings. The molecule has 0 bridgehead atoms. The highest BCUT2D eigenvalue weighted by molar-refractivity contribution is 6.30. The van der Waals surface area contributed by atoms with E-state index in [1.54, 1.807) is 6.92 Å². The lowest BCUT2D eigenvalue weighted by Crippen LogP contribution is -2.13. The van der Waals surface area contributed by atoms with E-state index < -0.39 is 4.92 Å². The third-order valence-corrected chi connectivity index (χ3v) is 3.58. The zero-order valence-electron chi connectivity index (χ0n) is 12.6. The molecule has 23 heavy (non-hydrogen) atoms. The first-order chi connectivity index (χ1) is 11.0. The number of nitro groups is 1. The van der Waals surface area contributed by atoms with Gasteiger partial charge in [-0.25, -0.2) is 4.98 Å². The number of nitrogens with zero attached hydrogens (tertiary/aromatic N) is 2. The summed E-state index contributed by atoms with van der Waals surface area (Å²) in [6, 6.07) is 9.00. The lowest BCUT2D eigenvalue weighted by molar-refractivity contribution is -0.385. The number of nitrogens with one attached hydrogen (secondary N) is 1. The number of aryl methyl sites for hydroxylation is 2. The summed E-state index contributed by atoms with van der Waals surface area (Å²) in [7, 11) is 0. The Labute approximate surface area is 138 Å². The molecule has 1 aromatic heterocycles. The van der Waals surface area contributed by atoms with Crippen LogP contribution >= 0.6 is 11.6 Å². The van der Waals surface area contributed by atoms with Crippen molar-refractivity contribution in [3.05, 3.63) is 62.8 Å². The van der Waals surface area contributed by atoms with Crippen molar-refractivity contribution in [3.63, 3.8) is 0 Å². The molecule has 7 heteroatoms. The summed E-state index contributed by atoms with van der Waals surface area (Å²) < 4.78 is 0. The largest absolute Gasteiger partial charge is 0.311 e. The zero-order valence-corrected chi connectivity index (χ0v) is 13.3. The van der Waals surface area contributed by atoms with Gasteiger partial charge in [0.05, 0.1) is 4.92 Å². The first-order valence-electron chi connectivity index (χ1n) is 7.11. The van der Waals surface area contributed by atoms with Crippen LogP contribution in [-0.2, 0) is 11.2 Å². The van der Waals surface area contributed by atoms with Crippen molar-refractivity contribution in [1.82, 2.24) is 4.98 Å². The van der Waals surface area contributed by atoms with Crippen LogP contribution in [0, 0.1) is 17.0 Å². The molecular formula is C16H16ClN3O3. The molecule has 0 saturated carbocycles. The molecule has 2 rings (SSSR count). The van der Waals surface area contributed by atoms with E-state index in [-0.39, 0.29) is 11.6 Å². The number of rotatable bonds is 6. The summed E-state index contributed by atoms with van der Waals surface area (Å²) in [6.07, 6.45) is 2.97. The highest BCUT2D eigenvalue weighted by Gasteiger charge is 2.12. The van der Waals surface area contributed by atoms with Crippen LogP contribution in [0.1, 0.15) is 24.0 Å². The molecule has 1 amide bonds. The van der Waals surface area contributed by atoms with Crippen molar-refractivity contribution in [2.45, 2.75) is 26.2 Å². The number of amides is 1. The van der Waals surface area contributed by atoms with Crippen LogP contribution in [0.4, 0.5) is 11.5 Å². The van der Waals surface area contributed by atoms with Gasteiger partial charge in [0.2, 0.25) is 5.91 Å². The number of anilines is 1. The third-order valence-electron chi connectivity index (χ3n) is 3.33. The minimum Gasteiger partial charge on any atom is -0.311 e. The van der Waals surface area contributed by atoms with Crippen molar-refractivity contribution in [1.29, 1.82) is 0 Å². The van der Waals surface area contributed by atoms with Gasteiger partial charge >= 0.3 is 0 Å². The summed E-state index contributed by atoms with van der Waals surface area (Å²) in [4.78, 5) is 26.0. The molecule has 120 valence electrons. The highest BCUT2D eigenvalue weighted by atomic mass is 35.5. The number of carbonyl (C=O) groups excluding carboxylic acids is 1. The Hall–Kier alpha value is -2.47. The third kappa shape index (κ3) is 5.03. The summed E-state index contributed by atoms with van der Waals surface area (Å²) in [5, 5.41) is 14.1. The number of hydrogen-bond donors (Lipinski definition) is 1. The molecule has 0 fully saturated rings. The molecule has 1 heterocycles. The quantitative estimate of drug-likeness (QED) is 0.641. The smallest absolute Gasteiger partial charge is 0.290 e. The van der Waals surface area contributed by atoms with E-state index in [9.17, 15) is 14.9 Å². The maximum atomic E-state index is 11.9. The number of benzene rings is 1. The van der Waals surface area contributed by atoms with Crippen LogP contribution in [0.5, 0.6) is 0 Å². The summed E-state index contributed by atoms with van der Waals surface area (Å²) in [6.45, 7) is 1.61. The van der Waals surface area contributed by atoms with Gasteiger partial charge in [0.25, 0.3) is 5.69 Å². The van der Waals surface area contributed by atoms with E-state index in [2.05, 4.69) is 10.3 Å². The maximum absolute atomic E-state index is 11.9. The van der Waals surface area contributed by atoms with Crippen LogP contribution in [0.25, 0.3) is 0 Å². The lowest BCUT2D eigenvalue weighted by Gasteiger charge is -2.06. The second kappa shape index (κ2) is 7.69. The first kappa shape index (κ1) is 16.9. The summed E-state index contributed by atoms with van der Waals surface area (Å²) in [5.74, 6) is 0.157. The average Bonchev–Trinajstić information content (AvgIpc) is 2.49. The molecule has 0 spiro atoms. The molecule has 1 aromatic carbocycles. The SMILES string of the molecule is Cc1cc(NC(=O)CCCc2ccc(Cl)cc2)ncc1[N+](=O)[O-]. The molecule has 0 saturated heterocycles. The van der Waals surface area contributed by atoms with Crippen LogP contribution in [0.3, 0.4) is 0 Å². The summed E-state index contributed by atoms with van der Waals surface area (Å²) >= 11 is 5.82. The van der Waals surface area contributed by atoms with E-state index in [1.807, 2.05) is 24.3 Å². The second-order valence-electron chi connectivity index (χ2n) is 5.14. The fraction of sp³-hybridized carbons (Fsp3) is 0.250. The molecule has 0 unspecified atom stereocenters. The van der Waals surface area contributed by atoms with E-state index in [1.165, 1.54) is 6.07 Å². The number of hydrogen-bond acceptors (Lipinski definition) is 4. The van der Waals surface area contributed by atoms with Gasteiger partial charge in [0.15, 0.2) is 0 Å². The van der Waals surface area contributed by atoms with E-state index in [0.717, 1.165) is 18.2 Å². The van der Waals surface area contributed by atoms with Gasteiger partial charge in [-0.05, 0) is 43.5 Å². The lowest BCUT2D eigenvalue weighted by atomic mass is 10.1. The van der Waals surface area contributed by atoms with Gasteiger partial charge in [-0.2, -0.15) is 0 Å². The molecule has 0 aliphatic heterocycles. The first-order valence-corrected chi connectivity index (χ1v) is 7.49. The Balaban J connectivity index is 1.84. The minimum absolute atomic E-state index is 0.0641. The van der Waals surface area contributed by atoms with Gasteiger partial charge in [0.1, 0.15) is 12.0 Å². The van der Waals surface area contributed by atoms with Crippen molar-refractivity contribution in [3.8, 4) is 0 Å². The molecule has 0 aliphatic carbocycles. The Kier molecular flexibility index (Phi) is 5.65. The van der Waals surface area contributed by atoms with Gasteiger partial charge < -0.3 is 5.32 Å². The van der Waals surface area contributed by atoms with Gasteiger partial charge in [-0.15, -0.1) is 0 Å². The number of pyridine rings is 1. The van der Waals surface area contributed by atoms with Crippen LogP contribution in [0.2, 0.25) is 5.02 Å². The molecule has 0 atom stereocenters. The van der Waals surface area contributed by atoms with E-state index in [4.69, 9.17) is 11.6 Å². The summed E-state index contributed by atoms with van der Waals surface area (Å²) in [5.41, 5.74) is 1.51. The van der Waals surface area contributed by atoms with Crippen molar-refractivity contribution in [2.75, 3.05) is 5.32 Å². The number of aromatic nitrogens is 1. The highest BCUT2D eigenvalue weighted by Crippen LogP contribution is 2.19. The standard InChI is InChI=1S/C16H16ClN3O3/c1-11-9-15(18-10-14(11)20(22)23)19-16(21)4-2-3-12-5-7-13(17)8-6-12/h5-10H,2-4H2,1H3,(H,18,19,21). The van der Waals surface area contributed by atoms with E-state index in [0.29, 0.717) is 29.2 Å². The van der Waals surface area contributed by atoms with Crippen molar-refractivity contribution >= 4 is 29.0 Å².